The number of piperazine rings is 1. The molecule has 1 unspecified atom stereocenters. The van der Waals surface area contributed by atoms with Crippen molar-refractivity contribution in [1.82, 2.24) is 9.80 Å². The molecular weight excluding hydrogens is 402 g/mol. The Bertz CT molecular complexity index is 1050. The van der Waals surface area contributed by atoms with Crippen molar-refractivity contribution in [3.8, 4) is 0 Å². The first-order chi connectivity index (χ1) is 14.4. The van der Waals surface area contributed by atoms with Gasteiger partial charge in [-0.15, -0.1) is 0 Å². The minimum atomic E-state index is -0.313. The summed E-state index contributed by atoms with van der Waals surface area (Å²) in [5.74, 6) is 0.154. The Kier molecular flexibility index (Phi) is 5.79. The number of benzene rings is 2. The van der Waals surface area contributed by atoms with Gasteiger partial charge in [-0.05, 0) is 43.7 Å². The van der Waals surface area contributed by atoms with E-state index in [1.165, 1.54) is 0 Å². The van der Waals surface area contributed by atoms with Crippen LogP contribution in [0.2, 0.25) is 5.02 Å². The van der Waals surface area contributed by atoms with Crippen LogP contribution in [-0.2, 0) is 4.79 Å². The third kappa shape index (κ3) is 4.20. The molecule has 6 nitrogen and oxygen atoms in total. The Labute approximate surface area is 180 Å². The SMILES string of the molecule is Cc1ccc(Cl)cc1NC(=O)C(C)N1CCN(C(=O)c2cc3ccccc3o2)CC1. The number of amides is 2. The molecule has 1 atom stereocenters. The predicted octanol–water partition coefficient (Wildman–Crippen LogP) is 4.18. The van der Waals surface area contributed by atoms with Crippen LogP contribution in [0.5, 0.6) is 0 Å². The Morgan fingerprint density at radius 1 is 1.07 bits per heavy atom. The van der Waals surface area contributed by atoms with E-state index in [4.69, 9.17) is 16.0 Å². The lowest BCUT2D eigenvalue weighted by molar-refractivity contribution is -0.121. The van der Waals surface area contributed by atoms with Gasteiger partial charge in [0.05, 0.1) is 6.04 Å². The molecule has 0 aliphatic carbocycles. The molecule has 1 saturated heterocycles. The molecule has 156 valence electrons. The Balaban J connectivity index is 1.35. The number of hydrogen-bond acceptors (Lipinski definition) is 4. The van der Waals surface area contributed by atoms with E-state index in [1.54, 1.807) is 23.1 Å². The largest absolute Gasteiger partial charge is 0.451 e. The maximum atomic E-state index is 12.8. The van der Waals surface area contributed by atoms with Gasteiger partial charge in [-0.25, -0.2) is 0 Å². The Hall–Kier alpha value is -2.83. The summed E-state index contributed by atoms with van der Waals surface area (Å²) in [5.41, 5.74) is 2.39. The van der Waals surface area contributed by atoms with Crippen LogP contribution in [0.4, 0.5) is 5.69 Å². The fraction of sp³-hybridized carbons (Fsp3) is 0.304. The average Bonchev–Trinajstić information content (AvgIpc) is 3.19. The van der Waals surface area contributed by atoms with Crippen molar-refractivity contribution in [2.75, 3.05) is 31.5 Å². The highest BCUT2D eigenvalue weighted by Crippen LogP contribution is 2.22. The topological polar surface area (TPSA) is 65.8 Å². The van der Waals surface area contributed by atoms with Gasteiger partial charge >= 0.3 is 0 Å². The zero-order valence-electron chi connectivity index (χ0n) is 17.0. The van der Waals surface area contributed by atoms with Gasteiger partial charge in [0.1, 0.15) is 5.58 Å². The van der Waals surface area contributed by atoms with Crippen LogP contribution in [0.3, 0.4) is 0 Å². The second-order valence-corrected chi connectivity index (χ2v) is 8.04. The second-order valence-electron chi connectivity index (χ2n) is 7.60. The summed E-state index contributed by atoms with van der Waals surface area (Å²) in [4.78, 5) is 29.4. The monoisotopic (exact) mass is 425 g/mol. The number of para-hydroxylation sites is 1. The van der Waals surface area contributed by atoms with Crippen LogP contribution in [0.1, 0.15) is 23.0 Å². The molecule has 0 spiro atoms. The molecule has 2 heterocycles. The molecule has 1 fully saturated rings. The molecule has 0 radical (unpaired) electrons. The van der Waals surface area contributed by atoms with Crippen molar-refractivity contribution in [3.63, 3.8) is 0 Å². The number of aryl methyl sites for hydroxylation is 1. The molecule has 3 aromatic rings. The first-order valence-corrected chi connectivity index (χ1v) is 10.4. The van der Waals surface area contributed by atoms with Gasteiger partial charge in [0.15, 0.2) is 5.76 Å². The lowest BCUT2D eigenvalue weighted by Crippen LogP contribution is -2.54. The van der Waals surface area contributed by atoms with E-state index in [0.717, 1.165) is 16.6 Å². The van der Waals surface area contributed by atoms with E-state index in [9.17, 15) is 9.59 Å². The summed E-state index contributed by atoms with van der Waals surface area (Å²) in [7, 11) is 0. The van der Waals surface area contributed by atoms with Gasteiger partial charge in [-0.3, -0.25) is 14.5 Å². The van der Waals surface area contributed by atoms with E-state index < -0.39 is 0 Å². The third-order valence-corrected chi connectivity index (χ3v) is 5.86. The van der Waals surface area contributed by atoms with E-state index in [0.29, 0.717) is 42.5 Å². The van der Waals surface area contributed by atoms with Gasteiger partial charge in [-0.2, -0.15) is 0 Å². The lowest BCUT2D eigenvalue weighted by Gasteiger charge is -2.37. The average molecular weight is 426 g/mol. The van der Waals surface area contributed by atoms with Crippen LogP contribution in [0.25, 0.3) is 11.0 Å². The molecule has 1 aliphatic heterocycles. The number of fused-ring (bicyclic) bond motifs is 1. The zero-order valence-corrected chi connectivity index (χ0v) is 17.8. The molecule has 0 saturated carbocycles. The molecule has 30 heavy (non-hydrogen) atoms. The number of furan rings is 1. The van der Waals surface area contributed by atoms with Gasteiger partial charge < -0.3 is 14.6 Å². The van der Waals surface area contributed by atoms with Crippen molar-refractivity contribution in [2.45, 2.75) is 19.9 Å². The molecule has 1 aromatic heterocycles. The van der Waals surface area contributed by atoms with Crippen LogP contribution < -0.4 is 5.32 Å². The van der Waals surface area contributed by atoms with Crippen LogP contribution in [0.15, 0.2) is 52.9 Å². The number of rotatable bonds is 4. The number of carbonyl (C=O) groups excluding carboxylic acids is 2. The maximum absolute atomic E-state index is 12.8. The van der Waals surface area contributed by atoms with Crippen molar-refractivity contribution in [2.24, 2.45) is 0 Å². The Morgan fingerprint density at radius 2 is 1.80 bits per heavy atom. The molecule has 0 bridgehead atoms. The number of nitrogens with one attached hydrogen (secondary N) is 1. The summed E-state index contributed by atoms with van der Waals surface area (Å²) in [5, 5.41) is 4.46. The summed E-state index contributed by atoms with van der Waals surface area (Å²) in [6, 6.07) is 14.5. The summed E-state index contributed by atoms with van der Waals surface area (Å²) >= 11 is 6.04. The van der Waals surface area contributed by atoms with Crippen molar-refractivity contribution in [3.05, 3.63) is 64.9 Å². The van der Waals surface area contributed by atoms with Gasteiger partial charge in [0.25, 0.3) is 5.91 Å². The predicted molar refractivity (Wildman–Crippen MR) is 118 cm³/mol. The highest BCUT2D eigenvalue weighted by Gasteiger charge is 2.29. The molecule has 4 rings (SSSR count). The molecule has 1 aliphatic rings. The number of anilines is 1. The van der Waals surface area contributed by atoms with E-state index in [2.05, 4.69) is 10.2 Å². The smallest absolute Gasteiger partial charge is 0.289 e. The van der Waals surface area contributed by atoms with Crippen LogP contribution >= 0.6 is 11.6 Å². The van der Waals surface area contributed by atoms with Gasteiger partial charge in [0.2, 0.25) is 5.91 Å². The quantitative estimate of drug-likeness (QED) is 0.681. The van der Waals surface area contributed by atoms with Crippen molar-refractivity contribution < 1.29 is 14.0 Å². The summed E-state index contributed by atoms with van der Waals surface area (Å²) < 4.78 is 5.70. The van der Waals surface area contributed by atoms with Crippen LogP contribution in [-0.4, -0.2) is 53.8 Å². The standard InChI is InChI=1S/C23H24ClN3O3/c1-15-7-8-18(24)14-19(15)25-22(28)16(2)26-9-11-27(12-10-26)23(29)21-13-17-5-3-4-6-20(17)30-21/h3-8,13-14,16H,9-12H2,1-2H3,(H,25,28). The zero-order chi connectivity index (χ0) is 21.3. The lowest BCUT2D eigenvalue weighted by atomic mass is 10.1. The fourth-order valence-corrected chi connectivity index (χ4v) is 3.86. The second kappa shape index (κ2) is 8.50. The number of halogens is 1. The van der Waals surface area contributed by atoms with Crippen molar-refractivity contribution in [1.29, 1.82) is 0 Å². The fourth-order valence-electron chi connectivity index (χ4n) is 3.69. The highest BCUT2D eigenvalue weighted by atomic mass is 35.5. The van der Waals surface area contributed by atoms with E-state index >= 15 is 0 Å². The molecule has 7 heteroatoms. The summed E-state index contributed by atoms with van der Waals surface area (Å²) in [6.45, 7) is 6.14. The summed E-state index contributed by atoms with van der Waals surface area (Å²) in [6.07, 6.45) is 0. The van der Waals surface area contributed by atoms with E-state index in [1.807, 2.05) is 44.2 Å². The third-order valence-electron chi connectivity index (χ3n) is 5.62. The number of hydrogen-bond donors (Lipinski definition) is 1. The highest BCUT2D eigenvalue weighted by molar-refractivity contribution is 6.31. The minimum absolute atomic E-state index is 0.0857. The number of carbonyl (C=O) groups is 2. The van der Waals surface area contributed by atoms with Crippen LogP contribution in [0, 0.1) is 6.92 Å². The van der Waals surface area contributed by atoms with Crippen molar-refractivity contribution >= 4 is 40.1 Å². The number of nitrogens with zero attached hydrogens (tertiary/aromatic N) is 2. The van der Waals surface area contributed by atoms with Gasteiger partial charge in [0, 0.05) is 42.3 Å². The molecule has 2 aromatic carbocycles. The minimum Gasteiger partial charge on any atom is -0.451 e. The normalized spacial score (nSPS) is 15.9. The first-order valence-electron chi connectivity index (χ1n) is 10.0. The Morgan fingerprint density at radius 3 is 2.53 bits per heavy atom. The van der Waals surface area contributed by atoms with Gasteiger partial charge in [-0.1, -0.05) is 35.9 Å². The molecule has 1 N–H and O–H groups in total. The maximum Gasteiger partial charge on any atom is 0.289 e. The van der Waals surface area contributed by atoms with E-state index in [-0.39, 0.29) is 17.9 Å². The first kappa shape index (κ1) is 20.4. The molecule has 2 amide bonds. The molecular formula is C23H24ClN3O3.